The van der Waals surface area contributed by atoms with Gasteiger partial charge in [0.1, 0.15) is 11.9 Å². The highest BCUT2D eigenvalue weighted by Crippen LogP contribution is 2.32. The third-order valence-electron chi connectivity index (χ3n) is 2.49. The lowest BCUT2D eigenvalue weighted by atomic mass is 10.1. The van der Waals surface area contributed by atoms with Gasteiger partial charge in [0.2, 0.25) is 0 Å². The molecule has 0 spiro atoms. The summed E-state index contributed by atoms with van der Waals surface area (Å²) in [6.45, 7) is 0.647. The molecule has 1 heterocycles. The molecule has 1 unspecified atom stereocenters. The van der Waals surface area contributed by atoms with Crippen molar-refractivity contribution in [1.82, 2.24) is 0 Å². The number of hydrogen-bond acceptors (Lipinski definition) is 2. The first-order valence-corrected chi connectivity index (χ1v) is 5.90. The van der Waals surface area contributed by atoms with E-state index < -0.39 is 6.10 Å². The highest BCUT2D eigenvalue weighted by atomic mass is 35.5. The lowest BCUT2D eigenvalue weighted by Gasteiger charge is -2.20. The number of aliphatic hydroxyl groups excluding tert-OH is 1. The van der Waals surface area contributed by atoms with Gasteiger partial charge in [0.05, 0.1) is 6.61 Å². The van der Waals surface area contributed by atoms with E-state index in [1.807, 2.05) is 6.08 Å². The Balaban J connectivity index is 2.26. The van der Waals surface area contributed by atoms with Gasteiger partial charge in [0, 0.05) is 15.6 Å². The van der Waals surface area contributed by atoms with E-state index in [1.165, 1.54) is 0 Å². The Bertz CT molecular complexity index is 415. The highest BCUT2D eigenvalue weighted by Gasteiger charge is 2.19. The summed E-state index contributed by atoms with van der Waals surface area (Å²) >= 11 is 11.8. The molecule has 0 radical (unpaired) electrons. The number of benzene rings is 1. The smallest absolute Gasteiger partial charge is 0.137 e. The number of allylic oxidation sites excluding steroid dienone is 1. The van der Waals surface area contributed by atoms with Crippen molar-refractivity contribution in [3.63, 3.8) is 0 Å². The molecule has 0 amide bonds. The summed E-state index contributed by atoms with van der Waals surface area (Å²) in [6, 6.07) is 5.04. The molecular formula is C12H12Cl2O2. The summed E-state index contributed by atoms with van der Waals surface area (Å²) in [5, 5.41) is 11.1. The molecule has 86 valence electrons. The molecule has 2 nitrogen and oxygen atoms in total. The van der Waals surface area contributed by atoms with E-state index in [9.17, 15) is 5.11 Å². The van der Waals surface area contributed by atoms with Crippen molar-refractivity contribution in [2.45, 2.75) is 18.9 Å². The monoisotopic (exact) mass is 258 g/mol. The van der Waals surface area contributed by atoms with Crippen LogP contribution in [-0.2, 0) is 4.74 Å². The molecule has 0 fully saturated rings. The van der Waals surface area contributed by atoms with Gasteiger partial charge in [-0.1, -0.05) is 29.3 Å². The molecule has 1 aromatic rings. The minimum absolute atomic E-state index is 0.454. The van der Waals surface area contributed by atoms with E-state index in [-0.39, 0.29) is 0 Å². The molecule has 0 saturated carbocycles. The van der Waals surface area contributed by atoms with Crippen LogP contribution in [0.4, 0.5) is 0 Å². The first-order chi connectivity index (χ1) is 7.68. The van der Waals surface area contributed by atoms with E-state index in [0.717, 1.165) is 12.8 Å². The number of aliphatic hydroxyl groups is 1. The van der Waals surface area contributed by atoms with E-state index in [1.54, 1.807) is 18.2 Å². The molecule has 2 rings (SSSR count). The van der Waals surface area contributed by atoms with Crippen molar-refractivity contribution in [3.8, 4) is 0 Å². The average Bonchev–Trinajstić information content (AvgIpc) is 2.29. The first kappa shape index (κ1) is 11.8. The fourth-order valence-electron chi connectivity index (χ4n) is 1.64. The van der Waals surface area contributed by atoms with Gasteiger partial charge in [0.15, 0.2) is 0 Å². The first-order valence-electron chi connectivity index (χ1n) is 5.14. The molecular weight excluding hydrogens is 247 g/mol. The average molecular weight is 259 g/mol. The maximum atomic E-state index is 10.1. The van der Waals surface area contributed by atoms with Crippen LogP contribution in [0.3, 0.4) is 0 Å². The zero-order valence-corrected chi connectivity index (χ0v) is 10.1. The molecule has 1 aliphatic rings. The molecule has 0 aliphatic carbocycles. The summed E-state index contributed by atoms with van der Waals surface area (Å²) in [4.78, 5) is 0. The Labute approximate surface area is 104 Å². The van der Waals surface area contributed by atoms with Gasteiger partial charge in [0.25, 0.3) is 0 Å². The third kappa shape index (κ3) is 2.51. The van der Waals surface area contributed by atoms with E-state index in [0.29, 0.717) is 28.0 Å². The van der Waals surface area contributed by atoms with Crippen LogP contribution in [0, 0.1) is 0 Å². The van der Waals surface area contributed by atoms with Gasteiger partial charge in [-0.3, -0.25) is 0 Å². The molecule has 1 N–H and O–H groups in total. The molecule has 1 atom stereocenters. The molecule has 16 heavy (non-hydrogen) atoms. The summed E-state index contributed by atoms with van der Waals surface area (Å²) in [6.07, 6.45) is 3.02. The summed E-state index contributed by atoms with van der Waals surface area (Å²) in [5.41, 5.74) is 0.624. The maximum Gasteiger partial charge on any atom is 0.137 e. The number of ether oxygens (including phenoxy) is 1. The molecule has 0 bridgehead atoms. The summed E-state index contributed by atoms with van der Waals surface area (Å²) in [7, 11) is 0. The van der Waals surface area contributed by atoms with Crippen LogP contribution in [0.1, 0.15) is 24.5 Å². The Kier molecular flexibility index (Phi) is 3.74. The normalized spacial score (nSPS) is 17.6. The number of hydrogen-bond donors (Lipinski definition) is 1. The molecule has 1 aromatic carbocycles. The van der Waals surface area contributed by atoms with Gasteiger partial charge >= 0.3 is 0 Å². The molecule has 0 saturated heterocycles. The Morgan fingerprint density at radius 1 is 1.31 bits per heavy atom. The van der Waals surface area contributed by atoms with Crippen LogP contribution >= 0.6 is 23.2 Å². The fraction of sp³-hybridized carbons (Fsp3) is 0.333. The van der Waals surface area contributed by atoms with E-state index in [2.05, 4.69) is 0 Å². The largest absolute Gasteiger partial charge is 0.495 e. The fourth-order valence-corrected chi connectivity index (χ4v) is 2.16. The van der Waals surface area contributed by atoms with Gasteiger partial charge in [-0.2, -0.15) is 0 Å². The Morgan fingerprint density at radius 3 is 2.75 bits per heavy atom. The van der Waals surface area contributed by atoms with Gasteiger partial charge < -0.3 is 9.84 Å². The number of rotatable bonds is 2. The highest BCUT2D eigenvalue weighted by molar-refractivity contribution is 6.35. The minimum atomic E-state index is -0.801. The van der Waals surface area contributed by atoms with Crippen molar-refractivity contribution >= 4 is 23.2 Å². The van der Waals surface area contributed by atoms with E-state index in [4.69, 9.17) is 27.9 Å². The zero-order valence-electron chi connectivity index (χ0n) is 8.62. The Morgan fingerprint density at radius 2 is 2.12 bits per heavy atom. The molecule has 1 aliphatic heterocycles. The van der Waals surface area contributed by atoms with Crippen molar-refractivity contribution in [2.24, 2.45) is 0 Å². The summed E-state index contributed by atoms with van der Waals surface area (Å²) < 4.78 is 5.40. The third-order valence-corrected chi connectivity index (χ3v) is 3.05. The van der Waals surface area contributed by atoms with Crippen LogP contribution in [0.15, 0.2) is 30.0 Å². The lowest BCUT2D eigenvalue weighted by molar-refractivity contribution is 0.0918. The van der Waals surface area contributed by atoms with Gasteiger partial charge in [-0.25, -0.2) is 0 Å². The second kappa shape index (κ2) is 5.09. The van der Waals surface area contributed by atoms with Gasteiger partial charge in [-0.15, -0.1) is 0 Å². The minimum Gasteiger partial charge on any atom is -0.495 e. The van der Waals surface area contributed by atoms with Crippen molar-refractivity contribution in [2.75, 3.05) is 6.61 Å². The van der Waals surface area contributed by atoms with Crippen LogP contribution < -0.4 is 0 Å². The Hall–Kier alpha value is -0.700. The van der Waals surface area contributed by atoms with Crippen molar-refractivity contribution in [1.29, 1.82) is 0 Å². The molecule has 0 aromatic heterocycles. The van der Waals surface area contributed by atoms with Crippen molar-refractivity contribution < 1.29 is 9.84 Å². The number of halogens is 2. The quantitative estimate of drug-likeness (QED) is 0.877. The van der Waals surface area contributed by atoms with Crippen LogP contribution in [-0.4, -0.2) is 11.7 Å². The second-order valence-corrected chi connectivity index (χ2v) is 4.51. The predicted octanol–water partition coefficient (Wildman–Crippen LogP) is 3.72. The lowest BCUT2D eigenvalue weighted by Crippen LogP contribution is -2.10. The van der Waals surface area contributed by atoms with Crippen LogP contribution in [0.2, 0.25) is 10.0 Å². The zero-order chi connectivity index (χ0) is 11.5. The standard InChI is InChI=1S/C12H12Cl2O2/c13-8-4-5-9(10(14)7-8)12(15)11-3-1-2-6-16-11/h3-5,7,12,15H,1-2,6H2. The predicted molar refractivity (Wildman–Crippen MR) is 64.7 cm³/mol. The van der Waals surface area contributed by atoms with Crippen molar-refractivity contribution in [3.05, 3.63) is 45.6 Å². The van der Waals surface area contributed by atoms with Gasteiger partial charge in [-0.05, 0) is 31.1 Å². The topological polar surface area (TPSA) is 29.5 Å². The molecule has 4 heteroatoms. The summed E-state index contributed by atoms with van der Waals surface area (Å²) in [5.74, 6) is 0.579. The maximum absolute atomic E-state index is 10.1. The second-order valence-electron chi connectivity index (χ2n) is 3.67. The van der Waals surface area contributed by atoms with Crippen LogP contribution in [0.25, 0.3) is 0 Å². The SMILES string of the molecule is OC(C1=CCCCO1)c1ccc(Cl)cc1Cl. The van der Waals surface area contributed by atoms with Crippen LogP contribution in [0.5, 0.6) is 0 Å². The van der Waals surface area contributed by atoms with E-state index >= 15 is 0 Å².